The van der Waals surface area contributed by atoms with Crippen LogP contribution in [0.2, 0.25) is 0 Å². The monoisotopic (exact) mass is 338 g/mol. The van der Waals surface area contributed by atoms with E-state index in [1.807, 2.05) is 25.1 Å². The molecule has 0 aliphatic carbocycles. The number of carbonyl (C=O) groups is 1. The summed E-state index contributed by atoms with van der Waals surface area (Å²) in [5.41, 5.74) is 15.2. The minimum absolute atomic E-state index is 0.0731. The Balaban J connectivity index is 2.02. The Bertz CT molecular complexity index is 958. The van der Waals surface area contributed by atoms with E-state index in [4.69, 9.17) is 20.6 Å². The summed E-state index contributed by atoms with van der Waals surface area (Å²) in [5.74, 6) is -0.0140. The Labute approximate surface area is 144 Å². The number of carbonyl (C=O) groups excluding carboxylic acids is 1. The molecule has 2 aromatic heterocycles. The molecule has 3 rings (SSSR count). The summed E-state index contributed by atoms with van der Waals surface area (Å²) < 4.78 is 10.2. The van der Waals surface area contributed by atoms with Crippen molar-refractivity contribution in [3.05, 3.63) is 47.2 Å². The van der Waals surface area contributed by atoms with Gasteiger partial charge in [-0.15, -0.1) is 0 Å². The molecule has 2 heterocycles. The van der Waals surface area contributed by atoms with E-state index in [9.17, 15) is 4.79 Å². The van der Waals surface area contributed by atoms with Crippen molar-refractivity contribution in [3.63, 3.8) is 0 Å². The van der Waals surface area contributed by atoms with Gasteiger partial charge in [-0.25, -0.2) is 4.79 Å². The van der Waals surface area contributed by atoms with Gasteiger partial charge >= 0.3 is 5.97 Å². The number of nitrogen functional groups attached to an aromatic ring is 2. The fourth-order valence-corrected chi connectivity index (χ4v) is 2.63. The first-order valence-electron chi connectivity index (χ1n) is 7.73. The zero-order chi connectivity index (χ0) is 18.0. The highest BCUT2D eigenvalue weighted by molar-refractivity contribution is 5.98. The summed E-state index contributed by atoms with van der Waals surface area (Å²) in [6.07, 6.45) is 4.32. The molecule has 0 spiro atoms. The van der Waals surface area contributed by atoms with E-state index in [1.54, 1.807) is 18.4 Å². The molecule has 25 heavy (non-hydrogen) atoms. The number of aromatic nitrogens is 2. The molecule has 1 aromatic carbocycles. The van der Waals surface area contributed by atoms with Crippen LogP contribution in [0.15, 0.2) is 34.9 Å². The Kier molecular flexibility index (Phi) is 4.38. The smallest absolute Gasteiger partial charge is 0.337 e. The Morgan fingerprint density at radius 1 is 1.20 bits per heavy atom. The number of furan rings is 1. The number of allylic oxidation sites excluding steroid dienone is 1. The number of hydrogen-bond acceptors (Lipinski definition) is 7. The van der Waals surface area contributed by atoms with Crippen LogP contribution in [0.5, 0.6) is 0 Å². The number of nitrogens with zero attached hydrogens (tertiary/aromatic N) is 2. The predicted molar refractivity (Wildman–Crippen MR) is 96.6 cm³/mol. The lowest BCUT2D eigenvalue weighted by molar-refractivity contribution is 0.0600. The van der Waals surface area contributed by atoms with Crippen LogP contribution in [0, 0.1) is 0 Å². The van der Waals surface area contributed by atoms with Crippen molar-refractivity contribution >= 4 is 40.5 Å². The number of methoxy groups -OCH3 is 1. The molecule has 0 saturated carbocycles. The maximum Gasteiger partial charge on any atom is 0.337 e. The minimum atomic E-state index is -0.364. The Morgan fingerprint density at radius 2 is 1.88 bits per heavy atom. The maximum atomic E-state index is 11.5. The molecule has 0 aliphatic heterocycles. The second kappa shape index (κ2) is 6.64. The average molecular weight is 338 g/mol. The van der Waals surface area contributed by atoms with Crippen LogP contribution in [0.3, 0.4) is 0 Å². The third-order valence-corrected chi connectivity index (χ3v) is 3.89. The molecule has 128 valence electrons. The van der Waals surface area contributed by atoms with Crippen LogP contribution in [-0.2, 0) is 4.74 Å². The summed E-state index contributed by atoms with van der Waals surface area (Å²) in [5, 5.41) is 0.631. The summed E-state index contributed by atoms with van der Waals surface area (Å²) in [7, 11) is 1.36. The van der Waals surface area contributed by atoms with Crippen LogP contribution in [0.25, 0.3) is 22.7 Å². The van der Waals surface area contributed by atoms with Gasteiger partial charge in [0.1, 0.15) is 12.1 Å². The third-order valence-electron chi connectivity index (χ3n) is 3.89. The molecular weight excluding hydrogens is 320 g/mol. The molecule has 7 nitrogen and oxygen atoms in total. The fourth-order valence-electron chi connectivity index (χ4n) is 2.63. The molecule has 0 amide bonds. The molecule has 0 atom stereocenters. The number of anilines is 2. The largest absolute Gasteiger partial charge is 0.465 e. The lowest BCUT2D eigenvalue weighted by Gasteiger charge is -2.06. The second-order valence-corrected chi connectivity index (χ2v) is 5.43. The van der Waals surface area contributed by atoms with Crippen molar-refractivity contribution in [1.29, 1.82) is 0 Å². The van der Waals surface area contributed by atoms with Crippen LogP contribution >= 0.6 is 0 Å². The van der Waals surface area contributed by atoms with Gasteiger partial charge in [0.25, 0.3) is 0 Å². The van der Waals surface area contributed by atoms with E-state index >= 15 is 0 Å². The van der Waals surface area contributed by atoms with Gasteiger partial charge in [0, 0.05) is 5.56 Å². The molecule has 4 N–H and O–H groups in total. The van der Waals surface area contributed by atoms with E-state index in [0.717, 1.165) is 23.1 Å². The van der Waals surface area contributed by atoms with Crippen LogP contribution < -0.4 is 11.5 Å². The average Bonchev–Trinajstić information content (AvgIpc) is 3.02. The Hall–Kier alpha value is -3.35. The van der Waals surface area contributed by atoms with Crippen molar-refractivity contribution in [2.24, 2.45) is 0 Å². The number of esters is 1. The quantitative estimate of drug-likeness (QED) is 0.702. The van der Waals surface area contributed by atoms with Gasteiger partial charge in [0.05, 0.1) is 18.1 Å². The number of ether oxygens (including phenoxy) is 1. The summed E-state index contributed by atoms with van der Waals surface area (Å²) >= 11 is 0. The SMILES string of the molecule is CC/C(=C\c1coc2nc(N)nc(N)c12)c1ccc(C(=O)OC)cc1. The molecule has 0 radical (unpaired) electrons. The van der Waals surface area contributed by atoms with Crippen LogP contribution in [0.4, 0.5) is 11.8 Å². The number of rotatable bonds is 4. The van der Waals surface area contributed by atoms with E-state index in [1.165, 1.54) is 7.11 Å². The van der Waals surface area contributed by atoms with Crippen molar-refractivity contribution < 1.29 is 13.9 Å². The molecule has 0 bridgehead atoms. The van der Waals surface area contributed by atoms with Crippen molar-refractivity contribution in [2.45, 2.75) is 13.3 Å². The molecular formula is C18H18N4O3. The number of benzene rings is 1. The van der Waals surface area contributed by atoms with Gasteiger partial charge in [-0.05, 0) is 35.8 Å². The van der Waals surface area contributed by atoms with Crippen LogP contribution in [-0.4, -0.2) is 23.0 Å². The van der Waals surface area contributed by atoms with Gasteiger partial charge in [-0.2, -0.15) is 9.97 Å². The van der Waals surface area contributed by atoms with E-state index < -0.39 is 0 Å². The van der Waals surface area contributed by atoms with Gasteiger partial charge in [-0.1, -0.05) is 19.1 Å². The summed E-state index contributed by atoms with van der Waals surface area (Å²) in [6, 6.07) is 7.22. The normalized spacial score (nSPS) is 11.7. The second-order valence-electron chi connectivity index (χ2n) is 5.43. The first kappa shape index (κ1) is 16.5. The highest BCUT2D eigenvalue weighted by atomic mass is 16.5. The van der Waals surface area contributed by atoms with E-state index in [0.29, 0.717) is 16.7 Å². The lowest BCUT2D eigenvalue weighted by atomic mass is 9.99. The summed E-state index contributed by atoms with van der Waals surface area (Å²) in [4.78, 5) is 19.6. The number of nitrogens with two attached hydrogens (primary N) is 2. The molecule has 3 aromatic rings. The van der Waals surface area contributed by atoms with Gasteiger partial charge in [0.2, 0.25) is 11.7 Å². The summed E-state index contributed by atoms with van der Waals surface area (Å²) in [6.45, 7) is 2.04. The predicted octanol–water partition coefficient (Wildman–Crippen LogP) is 3.12. The molecule has 7 heteroatoms. The van der Waals surface area contributed by atoms with Gasteiger partial charge in [-0.3, -0.25) is 0 Å². The maximum absolute atomic E-state index is 11.5. The van der Waals surface area contributed by atoms with E-state index in [2.05, 4.69) is 9.97 Å². The molecule has 0 aliphatic rings. The molecule has 0 fully saturated rings. The van der Waals surface area contributed by atoms with Gasteiger partial charge in [0.15, 0.2) is 0 Å². The van der Waals surface area contributed by atoms with Crippen molar-refractivity contribution in [2.75, 3.05) is 18.6 Å². The lowest BCUT2D eigenvalue weighted by Crippen LogP contribution is -2.00. The van der Waals surface area contributed by atoms with Crippen LogP contribution in [0.1, 0.15) is 34.8 Å². The zero-order valence-electron chi connectivity index (χ0n) is 13.9. The van der Waals surface area contributed by atoms with Crippen molar-refractivity contribution in [1.82, 2.24) is 9.97 Å². The molecule has 0 saturated heterocycles. The topological polar surface area (TPSA) is 117 Å². The first-order chi connectivity index (χ1) is 12.0. The van der Waals surface area contributed by atoms with Crippen molar-refractivity contribution in [3.8, 4) is 0 Å². The first-order valence-corrected chi connectivity index (χ1v) is 7.73. The highest BCUT2D eigenvalue weighted by Crippen LogP contribution is 2.30. The third kappa shape index (κ3) is 3.16. The Morgan fingerprint density at radius 3 is 2.52 bits per heavy atom. The minimum Gasteiger partial charge on any atom is -0.465 e. The fraction of sp³-hybridized carbons (Fsp3) is 0.167. The van der Waals surface area contributed by atoms with E-state index in [-0.39, 0.29) is 17.7 Å². The number of fused-ring (bicyclic) bond motifs is 1. The zero-order valence-corrected chi connectivity index (χ0v) is 13.9. The highest BCUT2D eigenvalue weighted by Gasteiger charge is 2.13. The standard InChI is InChI=1S/C18H18N4O3/c1-3-10(11-4-6-12(7-5-11)17(23)24-2)8-13-9-25-16-14(13)15(19)21-18(20)22-16/h4-9H,3H2,1-2H3,(H4,19,20,21,22)/b10-8+. The van der Waals surface area contributed by atoms with Gasteiger partial charge < -0.3 is 20.6 Å². The molecule has 0 unspecified atom stereocenters. The number of hydrogen-bond donors (Lipinski definition) is 2.